The van der Waals surface area contributed by atoms with Gasteiger partial charge in [-0.15, -0.1) is 0 Å². The number of halogens is 1. The molecule has 2 unspecified atom stereocenters. The van der Waals surface area contributed by atoms with Crippen LogP contribution >= 0.6 is 11.6 Å². The number of aliphatic hydroxyl groups is 1. The average molecular weight is 159 g/mol. The van der Waals surface area contributed by atoms with Crippen molar-refractivity contribution in [1.29, 1.82) is 0 Å². The van der Waals surface area contributed by atoms with Gasteiger partial charge in [0.15, 0.2) is 0 Å². The molecule has 2 aliphatic carbocycles. The van der Waals surface area contributed by atoms with Crippen LogP contribution in [0.1, 0.15) is 25.7 Å². The Morgan fingerprint density at radius 2 is 2.50 bits per heavy atom. The molecule has 0 aromatic carbocycles. The van der Waals surface area contributed by atoms with Gasteiger partial charge in [0.05, 0.1) is 5.60 Å². The molecular formula is C8H11ClO. The number of hydrogen-bond acceptors (Lipinski definition) is 1. The van der Waals surface area contributed by atoms with Gasteiger partial charge in [0.2, 0.25) is 0 Å². The third-order valence-electron chi connectivity index (χ3n) is 2.54. The van der Waals surface area contributed by atoms with Crippen molar-refractivity contribution in [3.63, 3.8) is 0 Å². The Bertz CT molecular complexity index is 188. The first kappa shape index (κ1) is 6.68. The van der Waals surface area contributed by atoms with Gasteiger partial charge in [0.1, 0.15) is 0 Å². The number of fused-ring (bicyclic) bond motifs is 2. The molecule has 56 valence electrons. The molecule has 1 nitrogen and oxygen atoms in total. The molecule has 0 saturated heterocycles. The van der Waals surface area contributed by atoms with E-state index in [1.54, 1.807) is 0 Å². The Morgan fingerprint density at radius 1 is 1.70 bits per heavy atom. The Hall–Kier alpha value is -0.0100. The Kier molecular flexibility index (Phi) is 1.33. The van der Waals surface area contributed by atoms with Crippen LogP contribution in [0.2, 0.25) is 0 Å². The summed E-state index contributed by atoms with van der Waals surface area (Å²) in [6, 6.07) is 0. The minimum Gasteiger partial charge on any atom is -0.386 e. The van der Waals surface area contributed by atoms with E-state index in [1.165, 1.54) is 0 Å². The van der Waals surface area contributed by atoms with Crippen LogP contribution in [0.4, 0.5) is 0 Å². The maximum Gasteiger partial charge on any atom is 0.0844 e. The monoisotopic (exact) mass is 158 g/mol. The maximum atomic E-state index is 9.73. The topological polar surface area (TPSA) is 20.2 Å². The summed E-state index contributed by atoms with van der Waals surface area (Å²) in [7, 11) is 0. The van der Waals surface area contributed by atoms with Gasteiger partial charge >= 0.3 is 0 Å². The summed E-state index contributed by atoms with van der Waals surface area (Å²) in [5, 5.41) is 10.6. The van der Waals surface area contributed by atoms with E-state index in [4.69, 9.17) is 11.6 Å². The first-order valence-electron chi connectivity index (χ1n) is 3.78. The highest BCUT2D eigenvalue weighted by atomic mass is 35.5. The molecule has 10 heavy (non-hydrogen) atoms. The SMILES string of the molecule is OC12C=C(Cl)CC(CC1)C2. The smallest absolute Gasteiger partial charge is 0.0844 e. The van der Waals surface area contributed by atoms with Gasteiger partial charge in [0.25, 0.3) is 0 Å². The first-order chi connectivity index (χ1) is 4.68. The number of rotatable bonds is 0. The van der Waals surface area contributed by atoms with Gasteiger partial charge in [-0.3, -0.25) is 0 Å². The third-order valence-corrected chi connectivity index (χ3v) is 2.80. The molecule has 1 saturated carbocycles. The van der Waals surface area contributed by atoms with E-state index in [0.717, 1.165) is 30.7 Å². The van der Waals surface area contributed by atoms with Crippen molar-refractivity contribution in [2.24, 2.45) is 5.92 Å². The molecule has 0 spiro atoms. The fourth-order valence-corrected chi connectivity index (χ4v) is 2.51. The van der Waals surface area contributed by atoms with Crippen molar-refractivity contribution >= 4 is 11.6 Å². The molecule has 2 rings (SSSR count). The van der Waals surface area contributed by atoms with Crippen molar-refractivity contribution in [1.82, 2.24) is 0 Å². The summed E-state index contributed by atoms with van der Waals surface area (Å²) in [6.07, 6.45) is 5.81. The molecule has 2 aliphatic rings. The van der Waals surface area contributed by atoms with E-state index in [9.17, 15) is 5.11 Å². The fraction of sp³-hybridized carbons (Fsp3) is 0.750. The highest BCUT2D eigenvalue weighted by Gasteiger charge is 2.39. The quantitative estimate of drug-likeness (QED) is 0.572. The van der Waals surface area contributed by atoms with E-state index in [0.29, 0.717) is 5.92 Å². The summed E-state index contributed by atoms with van der Waals surface area (Å²) >= 11 is 5.84. The predicted octanol–water partition coefficient (Wildman–Crippen LogP) is 2.04. The van der Waals surface area contributed by atoms with Gasteiger partial charge in [0, 0.05) is 5.03 Å². The van der Waals surface area contributed by atoms with Crippen molar-refractivity contribution in [3.05, 3.63) is 11.1 Å². The Labute approximate surface area is 65.7 Å². The van der Waals surface area contributed by atoms with Crippen LogP contribution in [0, 0.1) is 5.92 Å². The summed E-state index contributed by atoms with van der Waals surface area (Å²) in [4.78, 5) is 0. The molecular weight excluding hydrogens is 148 g/mol. The maximum absolute atomic E-state index is 9.73. The second-order valence-electron chi connectivity index (χ2n) is 3.51. The number of allylic oxidation sites excluding steroid dienone is 1. The highest BCUT2D eigenvalue weighted by Crippen LogP contribution is 2.44. The van der Waals surface area contributed by atoms with Crippen molar-refractivity contribution in [3.8, 4) is 0 Å². The van der Waals surface area contributed by atoms with E-state index in [1.807, 2.05) is 6.08 Å². The average Bonchev–Trinajstić information content (AvgIpc) is 2.06. The number of hydrogen-bond donors (Lipinski definition) is 1. The lowest BCUT2D eigenvalue weighted by molar-refractivity contribution is 0.0898. The highest BCUT2D eigenvalue weighted by molar-refractivity contribution is 6.29. The van der Waals surface area contributed by atoms with E-state index < -0.39 is 5.60 Å². The minimum atomic E-state index is -0.528. The molecule has 1 N–H and O–H groups in total. The predicted molar refractivity (Wildman–Crippen MR) is 40.8 cm³/mol. The Balaban J connectivity index is 2.29. The fourth-order valence-electron chi connectivity index (χ4n) is 2.09. The van der Waals surface area contributed by atoms with Gasteiger partial charge in [-0.25, -0.2) is 0 Å². The Morgan fingerprint density at radius 3 is 3.20 bits per heavy atom. The zero-order valence-corrected chi connectivity index (χ0v) is 6.56. The minimum absolute atomic E-state index is 0.528. The molecule has 2 atom stereocenters. The van der Waals surface area contributed by atoms with Crippen molar-refractivity contribution in [2.45, 2.75) is 31.3 Å². The molecule has 0 aliphatic heterocycles. The molecule has 0 heterocycles. The van der Waals surface area contributed by atoms with Gasteiger partial charge in [-0.2, -0.15) is 0 Å². The van der Waals surface area contributed by atoms with E-state index in [-0.39, 0.29) is 0 Å². The van der Waals surface area contributed by atoms with Crippen LogP contribution in [0.25, 0.3) is 0 Å². The van der Waals surface area contributed by atoms with Crippen molar-refractivity contribution < 1.29 is 5.11 Å². The molecule has 0 amide bonds. The summed E-state index contributed by atoms with van der Waals surface area (Å²) in [6.45, 7) is 0. The van der Waals surface area contributed by atoms with E-state index in [2.05, 4.69) is 0 Å². The van der Waals surface area contributed by atoms with Crippen LogP contribution in [0.5, 0.6) is 0 Å². The third kappa shape index (κ3) is 0.977. The standard InChI is InChI=1S/C8H11ClO/c9-7-3-6-1-2-8(10,4-6)5-7/h5-6,10H,1-4H2. The molecule has 0 aromatic heterocycles. The molecule has 2 bridgehead atoms. The zero-order chi connectivity index (χ0) is 7.19. The second kappa shape index (κ2) is 1.99. The lowest BCUT2D eigenvalue weighted by Gasteiger charge is -2.23. The first-order valence-corrected chi connectivity index (χ1v) is 4.15. The zero-order valence-electron chi connectivity index (χ0n) is 5.81. The second-order valence-corrected chi connectivity index (χ2v) is 3.99. The molecule has 2 heteroatoms. The summed E-state index contributed by atoms with van der Waals surface area (Å²) in [5.41, 5.74) is -0.528. The van der Waals surface area contributed by atoms with Gasteiger partial charge < -0.3 is 5.11 Å². The molecule has 0 radical (unpaired) electrons. The lowest BCUT2D eigenvalue weighted by Crippen LogP contribution is -2.24. The van der Waals surface area contributed by atoms with Crippen LogP contribution < -0.4 is 0 Å². The van der Waals surface area contributed by atoms with Crippen LogP contribution in [0.3, 0.4) is 0 Å². The van der Waals surface area contributed by atoms with Crippen molar-refractivity contribution in [2.75, 3.05) is 0 Å². The van der Waals surface area contributed by atoms with Crippen LogP contribution in [-0.2, 0) is 0 Å². The van der Waals surface area contributed by atoms with Gasteiger partial charge in [-0.1, -0.05) is 11.6 Å². The molecule has 1 fully saturated rings. The summed E-state index contributed by atoms with van der Waals surface area (Å²) in [5.74, 6) is 0.655. The van der Waals surface area contributed by atoms with E-state index >= 15 is 0 Å². The van der Waals surface area contributed by atoms with Crippen LogP contribution in [-0.4, -0.2) is 10.7 Å². The lowest BCUT2D eigenvalue weighted by atomic mass is 9.92. The van der Waals surface area contributed by atoms with Gasteiger partial charge in [-0.05, 0) is 37.7 Å². The molecule has 0 aromatic rings. The normalized spacial score (nSPS) is 45.4. The largest absolute Gasteiger partial charge is 0.386 e. The summed E-state index contributed by atoms with van der Waals surface area (Å²) < 4.78 is 0. The van der Waals surface area contributed by atoms with Crippen LogP contribution in [0.15, 0.2) is 11.1 Å².